The molecule has 30 heavy (non-hydrogen) atoms. The molecule has 1 aliphatic heterocycles. The first-order valence-electron chi connectivity index (χ1n) is 8.88. The topological polar surface area (TPSA) is 130 Å². The van der Waals surface area contributed by atoms with E-state index < -0.39 is 22.8 Å². The van der Waals surface area contributed by atoms with E-state index >= 15 is 0 Å². The Balaban J connectivity index is 1.94. The van der Waals surface area contributed by atoms with Gasteiger partial charge in [-0.15, -0.1) is 0 Å². The molecule has 11 heteroatoms. The molecule has 10 nitrogen and oxygen atoms in total. The SMILES string of the molecule is CCOC(=O)C1=C(C)n2c(s/c(=C/c3ccco3)c2=O)=N[C@@H]1c1ccc([N+](=O)[O-])o1. The lowest BCUT2D eigenvalue weighted by molar-refractivity contribution is -0.402. The molecule has 1 aliphatic rings. The smallest absolute Gasteiger partial charge is 0.433 e. The predicted octanol–water partition coefficient (Wildman–Crippen LogP) is 2.00. The van der Waals surface area contributed by atoms with Gasteiger partial charge in [-0.1, -0.05) is 11.3 Å². The molecule has 3 aromatic rings. The second-order valence-electron chi connectivity index (χ2n) is 6.23. The Morgan fingerprint density at radius 1 is 1.43 bits per heavy atom. The van der Waals surface area contributed by atoms with Gasteiger partial charge in [0.2, 0.25) is 0 Å². The van der Waals surface area contributed by atoms with Gasteiger partial charge in [0.15, 0.2) is 4.80 Å². The molecule has 0 aliphatic carbocycles. The van der Waals surface area contributed by atoms with E-state index in [4.69, 9.17) is 13.6 Å². The molecular weight excluding hydrogens is 414 g/mol. The van der Waals surface area contributed by atoms with Crippen LogP contribution in [0.4, 0.5) is 5.88 Å². The molecule has 3 aromatic heterocycles. The van der Waals surface area contributed by atoms with Crippen LogP contribution in [0, 0.1) is 10.1 Å². The molecule has 0 saturated carbocycles. The lowest BCUT2D eigenvalue weighted by Gasteiger charge is -2.20. The number of fused-ring (bicyclic) bond motifs is 1. The summed E-state index contributed by atoms with van der Waals surface area (Å²) in [5, 5.41) is 11.0. The molecule has 0 N–H and O–H groups in total. The van der Waals surface area contributed by atoms with Crippen molar-refractivity contribution in [2.75, 3.05) is 6.61 Å². The summed E-state index contributed by atoms with van der Waals surface area (Å²) >= 11 is 1.11. The zero-order valence-corrected chi connectivity index (χ0v) is 16.7. The van der Waals surface area contributed by atoms with E-state index in [9.17, 15) is 19.7 Å². The van der Waals surface area contributed by atoms with Crippen LogP contribution < -0.4 is 14.9 Å². The largest absolute Gasteiger partial charge is 0.465 e. The number of rotatable bonds is 5. The number of ether oxygens (including phenoxy) is 1. The van der Waals surface area contributed by atoms with E-state index in [2.05, 4.69) is 4.99 Å². The fourth-order valence-electron chi connectivity index (χ4n) is 3.11. The van der Waals surface area contributed by atoms with E-state index in [0.29, 0.717) is 20.8 Å². The average molecular weight is 429 g/mol. The fourth-order valence-corrected chi connectivity index (χ4v) is 4.13. The Bertz CT molecular complexity index is 1340. The standard InChI is InChI=1S/C19H15N3O7S/c1-3-27-18(24)15-10(2)21-17(23)13(9-11-5-4-8-28-11)30-19(21)20-16(15)12-6-7-14(29-12)22(25)26/h4-9,16H,3H2,1-2H3/b13-9+/t16-/m1/s1. The summed E-state index contributed by atoms with van der Waals surface area (Å²) in [6.07, 6.45) is 3.07. The number of furan rings is 2. The van der Waals surface area contributed by atoms with E-state index in [-0.39, 0.29) is 23.5 Å². The third-order valence-electron chi connectivity index (χ3n) is 4.42. The summed E-state index contributed by atoms with van der Waals surface area (Å²) in [4.78, 5) is 40.8. The number of allylic oxidation sites excluding steroid dienone is 1. The minimum atomic E-state index is -0.979. The normalized spacial score (nSPS) is 16.3. The van der Waals surface area contributed by atoms with Gasteiger partial charge in [-0.2, -0.15) is 0 Å². The van der Waals surface area contributed by atoms with Gasteiger partial charge in [0.1, 0.15) is 27.0 Å². The second kappa shape index (κ2) is 7.59. The van der Waals surface area contributed by atoms with Gasteiger partial charge in [-0.3, -0.25) is 19.5 Å². The number of aromatic nitrogens is 1. The highest BCUT2D eigenvalue weighted by Gasteiger charge is 2.34. The quantitative estimate of drug-likeness (QED) is 0.344. The fraction of sp³-hybridized carbons (Fsp3) is 0.211. The molecule has 0 amide bonds. The van der Waals surface area contributed by atoms with Gasteiger partial charge < -0.3 is 13.6 Å². The molecule has 0 bridgehead atoms. The highest BCUT2D eigenvalue weighted by Crippen LogP contribution is 2.34. The second-order valence-corrected chi connectivity index (χ2v) is 7.24. The molecule has 0 fully saturated rings. The van der Waals surface area contributed by atoms with Crippen LogP contribution in [-0.2, 0) is 9.53 Å². The number of hydrogen-bond acceptors (Lipinski definition) is 9. The van der Waals surface area contributed by atoms with Crippen molar-refractivity contribution in [1.82, 2.24) is 4.57 Å². The molecule has 4 rings (SSSR count). The number of thiazole rings is 1. The summed E-state index contributed by atoms with van der Waals surface area (Å²) in [5.74, 6) is -0.547. The maximum atomic E-state index is 13.0. The monoisotopic (exact) mass is 429 g/mol. The van der Waals surface area contributed by atoms with Crippen LogP contribution in [0.25, 0.3) is 11.8 Å². The van der Waals surface area contributed by atoms with Crippen LogP contribution in [0.3, 0.4) is 0 Å². The van der Waals surface area contributed by atoms with Crippen molar-refractivity contribution in [2.24, 2.45) is 4.99 Å². The molecule has 154 valence electrons. The Morgan fingerprint density at radius 3 is 2.87 bits per heavy atom. The van der Waals surface area contributed by atoms with Crippen molar-refractivity contribution in [2.45, 2.75) is 19.9 Å². The Morgan fingerprint density at radius 2 is 2.23 bits per heavy atom. The molecule has 4 heterocycles. The van der Waals surface area contributed by atoms with Crippen molar-refractivity contribution in [1.29, 1.82) is 0 Å². The highest BCUT2D eigenvalue weighted by molar-refractivity contribution is 7.07. The Hall–Kier alpha value is -3.73. The molecule has 0 radical (unpaired) electrons. The predicted molar refractivity (Wildman–Crippen MR) is 105 cm³/mol. The van der Waals surface area contributed by atoms with Gasteiger partial charge in [-0.25, -0.2) is 9.79 Å². The van der Waals surface area contributed by atoms with Gasteiger partial charge in [0, 0.05) is 11.8 Å². The number of nitro groups is 1. The van der Waals surface area contributed by atoms with E-state index in [0.717, 1.165) is 11.3 Å². The van der Waals surface area contributed by atoms with Gasteiger partial charge in [0.05, 0.1) is 24.5 Å². The van der Waals surface area contributed by atoms with Crippen LogP contribution in [-0.4, -0.2) is 22.1 Å². The summed E-state index contributed by atoms with van der Waals surface area (Å²) in [5.41, 5.74) is 0.0409. The molecule has 0 unspecified atom stereocenters. The minimum Gasteiger partial charge on any atom is -0.465 e. The Kier molecular flexibility index (Phi) is 4.96. The first-order valence-corrected chi connectivity index (χ1v) is 9.69. The number of nitrogens with zero attached hydrogens (tertiary/aromatic N) is 3. The summed E-state index contributed by atoms with van der Waals surface area (Å²) < 4.78 is 17.4. The molecule has 0 spiro atoms. The third-order valence-corrected chi connectivity index (χ3v) is 5.40. The van der Waals surface area contributed by atoms with E-state index in [1.54, 1.807) is 32.1 Å². The molecular formula is C19H15N3O7S. The maximum Gasteiger partial charge on any atom is 0.433 e. The minimum absolute atomic E-state index is 0.0815. The van der Waals surface area contributed by atoms with E-state index in [1.807, 2.05) is 0 Å². The molecule has 1 atom stereocenters. The van der Waals surface area contributed by atoms with Crippen LogP contribution in [0.15, 0.2) is 54.7 Å². The van der Waals surface area contributed by atoms with Gasteiger partial charge in [0.25, 0.3) is 5.56 Å². The van der Waals surface area contributed by atoms with Crippen molar-refractivity contribution in [3.05, 3.63) is 77.4 Å². The number of carbonyl (C=O) groups is 1. The molecule has 0 aromatic carbocycles. The van der Waals surface area contributed by atoms with Crippen molar-refractivity contribution < 1.29 is 23.3 Å². The number of hydrogen-bond donors (Lipinski definition) is 0. The highest BCUT2D eigenvalue weighted by atomic mass is 32.1. The van der Waals surface area contributed by atoms with Crippen molar-refractivity contribution >= 4 is 35.0 Å². The lowest BCUT2D eigenvalue weighted by Crippen LogP contribution is -2.35. The van der Waals surface area contributed by atoms with Crippen LogP contribution >= 0.6 is 11.3 Å². The zero-order chi connectivity index (χ0) is 21.4. The van der Waals surface area contributed by atoms with Gasteiger partial charge >= 0.3 is 11.9 Å². The van der Waals surface area contributed by atoms with E-state index in [1.165, 1.54) is 23.0 Å². The van der Waals surface area contributed by atoms with Crippen molar-refractivity contribution in [3.63, 3.8) is 0 Å². The number of carbonyl (C=O) groups excluding carboxylic acids is 1. The lowest BCUT2D eigenvalue weighted by atomic mass is 10.0. The maximum absolute atomic E-state index is 13.0. The first-order chi connectivity index (χ1) is 14.4. The van der Waals surface area contributed by atoms with Crippen LogP contribution in [0.5, 0.6) is 0 Å². The zero-order valence-electron chi connectivity index (χ0n) is 15.9. The Labute approximate surface area is 172 Å². The average Bonchev–Trinajstić information content (AvgIpc) is 3.43. The summed E-state index contributed by atoms with van der Waals surface area (Å²) in [6.45, 7) is 3.36. The van der Waals surface area contributed by atoms with Crippen LogP contribution in [0.1, 0.15) is 31.4 Å². The number of esters is 1. The van der Waals surface area contributed by atoms with Crippen molar-refractivity contribution in [3.8, 4) is 0 Å². The molecule has 0 saturated heterocycles. The third kappa shape index (κ3) is 3.28. The van der Waals surface area contributed by atoms with Crippen LogP contribution in [0.2, 0.25) is 0 Å². The summed E-state index contributed by atoms with van der Waals surface area (Å²) in [7, 11) is 0. The van der Waals surface area contributed by atoms with Gasteiger partial charge in [-0.05, 0) is 32.0 Å². The summed E-state index contributed by atoms with van der Waals surface area (Å²) in [6, 6.07) is 5.00. The first kappa shape index (κ1) is 19.6.